The summed E-state index contributed by atoms with van der Waals surface area (Å²) in [6.07, 6.45) is 1.98. The molecule has 1 unspecified atom stereocenters. The summed E-state index contributed by atoms with van der Waals surface area (Å²) in [5.74, 6) is 1.05. The van der Waals surface area contributed by atoms with E-state index in [1.165, 1.54) is 12.1 Å². The zero-order valence-corrected chi connectivity index (χ0v) is 14.7. The Morgan fingerprint density at radius 2 is 2.07 bits per heavy atom. The Morgan fingerprint density at radius 1 is 1.22 bits per heavy atom. The summed E-state index contributed by atoms with van der Waals surface area (Å²) in [7, 11) is 1.56. The van der Waals surface area contributed by atoms with Gasteiger partial charge in [0.05, 0.1) is 13.3 Å². The first-order valence-corrected chi connectivity index (χ1v) is 8.53. The van der Waals surface area contributed by atoms with Crippen LogP contribution in [-0.2, 0) is 11.4 Å². The lowest BCUT2D eigenvalue weighted by Gasteiger charge is -2.25. The van der Waals surface area contributed by atoms with Gasteiger partial charge >= 0.3 is 0 Å². The summed E-state index contributed by atoms with van der Waals surface area (Å²) in [6, 6.07) is 11.8. The molecule has 0 fully saturated rings. The maximum absolute atomic E-state index is 13.4. The lowest BCUT2D eigenvalue weighted by Crippen LogP contribution is -2.23. The van der Waals surface area contributed by atoms with Gasteiger partial charge in [-0.1, -0.05) is 24.3 Å². The van der Waals surface area contributed by atoms with Crippen molar-refractivity contribution in [3.05, 3.63) is 71.2 Å². The van der Waals surface area contributed by atoms with Gasteiger partial charge in [0.15, 0.2) is 11.5 Å². The highest BCUT2D eigenvalue weighted by Crippen LogP contribution is 2.43. The number of rotatable bonds is 5. The molecule has 1 atom stereocenters. The van der Waals surface area contributed by atoms with Gasteiger partial charge in [0.25, 0.3) is 0 Å². The summed E-state index contributed by atoms with van der Waals surface area (Å²) in [5.41, 5.74) is 2.42. The SMILES string of the molecule is COc1cccc(C2CC(=O)Nc3[nH]ncc32)c1OCc1cccc(F)c1. The van der Waals surface area contributed by atoms with Gasteiger partial charge in [0.1, 0.15) is 18.2 Å². The van der Waals surface area contributed by atoms with E-state index in [0.717, 1.165) is 11.1 Å². The second-order valence-electron chi connectivity index (χ2n) is 6.30. The molecule has 2 aromatic carbocycles. The second-order valence-corrected chi connectivity index (χ2v) is 6.30. The van der Waals surface area contributed by atoms with Crippen LogP contribution in [0.4, 0.5) is 10.2 Å². The molecule has 1 aromatic heterocycles. The number of anilines is 1. The fourth-order valence-corrected chi connectivity index (χ4v) is 3.33. The van der Waals surface area contributed by atoms with Crippen molar-refractivity contribution in [3.8, 4) is 11.5 Å². The molecule has 0 saturated carbocycles. The fraction of sp³-hybridized carbons (Fsp3) is 0.200. The quantitative estimate of drug-likeness (QED) is 0.722. The van der Waals surface area contributed by atoms with Crippen molar-refractivity contribution in [2.45, 2.75) is 18.9 Å². The third kappa shape index (κ3) is 3.36. The average molecular weight is 367 g/mol. The van der Waals surface area contributed by atoms with E-state index in [4.69, 9.17) is 9.47 Å². The van der Waals surface area contributed by atoms with Crippen LogP contribution in [0.25, 0.3) is 0 Å². The summed E-state index contributed by atoms with van der Waals surface area (Å²) < 4.78 is 24.9. The van der Waals surface area contributed by atoms with Crippen molar-refractivity contribution in [2.75, 3.05) is 12.4 Å². The Morgan fingerprint density at radius 3 is 2.89 bits per heavy atom. The van der Waals surface area contributed by atoms with Gasteiger partial charge in [-0.3, -0.25) is 9.89 Å². The van der Waals surface area contributed by atoms with E-state index in [9.17, 15) is 9.18 Å². The molecule has 1 aliphatic rings. The van der Waals surface area contributed by atoms with Crippen LogP contribution < -0.4 is 14.8 Å². The second kappa shape index (κ2) is 7.11. The number of nitrogens with zero attached hydrogens (tertiary/aromatic N) is 1. The molecule has 3 aromatic rings. The van der Waals surface area contributed by atoms with Crippen molar-refractivity contribution in [1.82, 2.24) is 10.2 Å². The number of hydrogen-bond donors (Lipinski definition) is 2. The number of halogens is 1. The van der Waals surface area contributed by atoms with E-state index in [-0.39, 0.29) is 30.7 Å². The van der Waals surface area contributed by atoms with E-state index in [0.29, 0.717) is 22.9 Å². The predicted octanol–water partition coefficient (Wildman–Crippen LogP) is 3.61. The Labute approximate surface area is 155 Å². The average Bonchev–Trinajstić information content (AvgIpc) is 3.13. The van der Waals surface area contributed by atoms with E-state index < -0.39 is 0 Å². The monoisotopic (exact) mass is 367 g/mol. The van der Waals surface area contributed by atoms with Crippen LogP contribution in [0.5, 0.6) is 11.5 Å². The smallest absolute Gasteiger partial charge is 0.226 e. The molecule has 0 spiro atoms. The van der Waals surface area contributed by atoms with Gasteiger partial charge in [0, 0.05) is 23.5 Å². The number of benzene rings is 2. The number of para-hydroxylation sites is 1. The molecule has 1 amide bonds. The number of H-pyrrole nitrogens is 1. The molecular weight excluding hydrogens is 349 g/mol. The first kappa shape index (κ1) is 17.1. The van der Waals surface area contributed by atoms with Crippen molar-refractivity contribution >= 4 is 11.7 Å². The van der Waals surface area contributed by atoms with E-state index >= 15 is 0 Å². The Kier molecular flexibility index (Phi) is 4.50. The van der Waals surface area contributed by atoms with Crippen LogP contribution in [0, 0.1) is 5.82 Å². The molecule has 27 heavy (non-hydrogen) atoms. The van der Waals surface area contributed by atoms with E-state index in [1.54, 1.807) is 31.5 Å². The highest BCUT2D eigenvalue weighted by molar-refractivity contribution is 5.94. The largest absolute Gasteiger partial charge is 0.493 e. The molecule has 6 nitrogen and oxygen atoms in total. The maximum Gasteiger partial charge on any atom is 0.226 e. The summed E-state index contributed by atoms with van der Waals surface area (Å²) in [6.45, 7) is 0.183. The van der Waals surface area contributed by atoms with Gasteiger partial charge in [-0.05, 0) is 23.8 Å². The summed E-state index contributed by atoms with van der Waals surface area (Å²) >= 11 is 0. The number of hydrogen-bond acceptors (Lipinski definition) is 4. The number of methoxy groups -OCH3 is 1. The fourth-order valence-electron chi connectivity index (χ4n) is 3.33. The molecule has 1 aliphatic heterocycles. The van der Waals surface area contributed by atoms with Crippen molar-refractivity contribution in [1.29, 1.82) is 0 Å². The molecule has 0 bridgehead atoms. The van der Waals surface area contributed by atoms with Crippen LogP contribution in [-0.4, -0.2) is 23.2 Å². The van der Waals surface area contributed by atoms with E-state index in [2.05, 4.69) is 15.5 Å². The molecule has 0 saturated heterocycles. The third-order valence-corrected chi connectivity index (χ3v) is 4.57. The molecule has 0 aliphatic carbocycles. The van der Waals surface area contributed by atoms with Crippen molar-refractivity contribution < 1.29 is 18.7 Å². The van der Waals surface area contributed by atoms with Crippen LogP contribution in [0.1, 0.15) is 29.0 Å². The number of carbonyl (C=O) groups is 1. The minimum absolute atomic E-state index is 0.101. The van der Waals surface area contributed by atoms with E-state index in [1.807, 2.05) is 12.1 Å². The van der Waals surface area contributed by atoms with Gasteiger partial charge in [-0.15, -0.1) is 0 Å². The molecule has 4 rings (SSSR count). The number of amides is 1. The van der Waals surface area contributed by atoms with Crippen LogP contribution in [0.3, 0.4) is 0 Å². The summed E-state index contributed by atoms with van der Waals surface area (Å²) in [4.78, 5) is 12.1. The molecule has 2 N–H and O–H groups in total. The number of ether oxygens (including phenoxy) is 2. The lowest BCUT2D eigenvalue weighted by molar-refractivity contribution is -0.116. The lowest BCUT2D eigenvalue weighted by atomic mass is 9.86. The zero-order valence-electron chi connectivity index (χ0n) is 14.7. The highest BCUT2D eigenvalue weighted by atomic mass is 19.1. The Hall–Kier alpha value is -3.35. The van der Waals surface area contributed by atoms with Gasteiger partial charge < -0.3 is 14.8 Å². The van der Waals surface area contributed by atoms with Gasteiger partial charge in [-0.2, -0.15) is 5.10 Å². The normalized spacial score (nSPS) is 15.8. The van der Waals surface area contributed by atoms with Crippen LogP contribution >= 0.6 is 0 Å². The topological polar surface area (TPSA) is 76.2 Å². The molecule has 138 valence electrons. The Bertz CT molecular complexity index is 986. The third-order valence-electron chi connectivity index (χ3n) is 4.57. The molecule has 7 heteroatoms. The minimum Gasteiger partial charge on any atom is -0.493 e. The Balaban J connectivity index is 1.71. The zero-order chi connectivity index (χ0) is 18.8. The number of carbonyl (C=O) groups excluding carboxylic acids is 1. The van der Waals surface area contributed by atoms with Gasteiger partial charge in [-0.25, -0.2) is 4.39 Å². The standard InChI is InChI=1S/C20H18FN3O3/c1-26-17-7-3-6-14(15-9-18(25)23-20-16(15)10-22-24-20)19(17)27-11-12-4-2-5-13(21)8-12/h2-8,10,15H,9,11H2,1H3,(H2,22,23,24,25). The predicted molar refractivity (Wildman–Crippen MR) is 97.4 cm³/mol. The van der Waals surface area contributed by atoms with Gasteiger partial charge in [0.2, 0.25) is 5.91 Å². The number of aromatic nitrogens is 2. The molecule has 2 heterocycles. The molecule has 0 radical (unpaired) electrons. The van der Waals surface area contributed by atoms with Crippen molar-refractivity contribution in [2.24, 2.45) is 0 Å². The van der Waals surface area contributed by atoms with Crippen LogP contribution in [0.2, 0.25) is 0 Å². The first-order valence-electron chi connectivity index (χ1n) is 8.53. The maximum atomic E-state index is 13.4. The van der Waals surface area contributed by atoms with Crippen molar-refractivity contribution in [3.63, 3.8) is 0 Å². The first-order chi connectivity index (χ1) is 13.2. The number of fused-ring (bicyclic) bond motifs is 1. The molecular formula is C20H18FN3O3. The summed E-state index contributed by atoms with van der Waals surface area (Å²) in [5, 5.41) is 9.62. The van der Waals surface area contributed by atoms with Crippen LogP contribution in [0.15, 0.2) is 48.7 Å². The minimum atomic E-state index is -0.316. The number of aromatic amines is 1. The highest BCUT2D eigenvalue weighted by Gasteiger charge is 2.31. The number of nitrogens with one attached hydrogen (secondary N) is 2.